The minimum atomic E-state index is -0.390. The van der Waals surface area contributed by atoms with Gasteiger partial charge in [-0.2, -0.15) is 0 Å². The molecule has 0 unspecified atom stereocenters. The summed E-state index contributed by atoms with van der Waals surface area (Å²) in [7, 11) is 0. The summed E-state index contributed by atoms with van der Waals surface area (Å²) >= 11 is 0. The smallest absolute Gasteiger partial charge is 0.166 e. The number of ether oxygens (including phenoxy) is 1. The van der Waals surface area contributed by atoms with E-state index in [1.165, 1.54) is 18.2 Å². The summed E-state index contributed by atoms with van der Waals surface area (Å²) in [4.78, 5) is 11.5. The molecule has 3 heteroatoms. The maximum atomic E-state index is 13.0. The fourth-order valence-corrected chi connectivity index (χ4v) is 1.27. The Hall–Kier alpha value is -1.38. The van der Waals surface area contributed by atoms with E-state index in [9.17, 15) is 9.18 Å². The third kappa shape index (κ3) is 3.05. The number of carbonyl (C=O) groups excluding carboxylic acids is 1. The molecule has 0 aliphatic heterocycles. The predicted octanol–water partition coefficient (Wildman–Crippen LogP) is 3.21. The van der Waals surface area contributed by atoms with Crippen LogP contribution in [-0.2, 0) is 0 Å². The van der Waals surface area contributed by atoms with Crippen LogP contribution in [0.15, 0.2) is 18.2 Å². The first-order valence-corrected chi connectivity index (χ1v) is 5.04. The highest BCUT2D eigenvalue weighted by Gasteiger charge is 2.12. The fraction of sp³-hybridized carbons (Fsp3) is 0.417. The van der Waals surface area contributed by atoms with Crippen molar-refractivity contribution in [3.8, 4) is 5.75 Å². The van der Waals surface area contributed by atoms with Crippen LogP contribution in [-0.4, -0.2) is 11.9 Å². The largest absolute Gasteiger partial charge is 0.490 e. The quantitative estimate of drug-likeness (QED) is 0.713. The van der Waals surface area contributed by atoms with Gasteiger partial charge in [-0.15, -0.1) is 0 Å². The molecule has 0 bridgehead atoms. The highest BCUT2D eigenvalue weighted by molar-refractivity contribution is 5.98. The molecule has 0 atom stereocenters. The van der Waals surface area contributed by atoms with Crippen molar-refractivity contribution in [3.05, 3.63) is 29.6 Å². The van der Waals surface area contributed by atoms with Crippen LogP contribution < -0.4 is 4.74 Å². The second-order valence-electron chi connectivity index (χ2n) is 3.58. The van der Waals surface area contributed by atoms with Crippen LogP contribution in [0.5, 0.6) is 5.75 Å². The first-order valence-electron chi connectivity index (χ1n) is 5.04. The van der Waals surface area contributed by atoms with Gasteiger partial charge in [-0.25, -0.2) is 4.39 Å². The Morgan fingerprint density at radius 3 is 2.67 bits per heavy atom. The van der Waals surface area contributed by atoms with E-state index in [-0.39, 0.29) is 11.9 Å². The van der Waals surface area contributed by atoms with E-state index < -0.39 is 5.82 Å². The lowest BCUT2D eigenvalue weighted by molar-refractivity contribution is 0.0982. The summed E-state index contributed by atoms with van der Waals surface area (Å²) in [6, 6.07) is 4.00. The molecule has 0 N–H and O–H groups in total. The normalized spacial score (nSPS) is 10.5. The van der Waals surface area contributed by atoms with Gasteiger partial charge in [0.2, 0.25) is 0 Å². The molecule has 1 aromatic rings. The number of benzene rings is 1. The van der Waals surface area contributed by atoms with Crippen LogP contribution in [0, 0.1) is 5.82 Å². The molecule has 0 aromatic heterocycles. The average Bonchev–Trinajstić information content (AvgIpc) is 2.16. The predicted molar refractivity (Wildman–Crippen MR) is 56.8 cm³/mol. The van der Waals surface area contributed by atoms with Gasteiger partial charge in [0.05, 0.1) is 11.7 Å². The number of ketones is 1. The molecule has 2 nitrogen and oxygen atoms in total. The topological polar surface area (TPSA) is 26.3 Å². The van der Waals surface area contributed by atoms with Gasteiger partial charge in [0.25, 0.3) is 0 Å². The van der Waals surface area contributed by atoms with Crippen LogP contribution >= 0.6 is 0 Å². The Balaban J connectivity index is 3.08. The average molecular weight is 210 g/mol. The first kappa shape index (κ1) is 11.7. The molecule has 0 spiro atoms. The van der Waals surface area contributed by atoms with Gasteiger partial charge in [0.1, 0.15) is 11.6 Å². The van der Waals surface area contributed by atoms with E-state index in [0.717, 1.165) is 0 Å². The number of hydrogen-bond donors (Lipinski definition) is 0. The summed E-state index contributed by atoms with van der Waals surface area (Å²) in [5.74, 6) is -0.0965. The van der Waals surface area contributed by atoms with Crippen LogP contribution in [0.1, 0.15) is 37.6 Å². The monoisotopic (exact) mass is 210 g/mol. The molecule has 0 saturated heterocycles. The van der Waals surface area contributed by atoms with Crippen molar-refractivity contribution in [2.45, 2.75) is 33.3 Å². The van der Waals surface area contributed by atoms with E-state index in [1.807, 2.05) is 13.8 Å². The Labute approximate surface area is 89.1 Å². The second kappa shape index (κ2) is 4.91. The molecule has 15 heavy (non-hydrogen) atoms. The minimum absolute atomic E-state index is 0.0364. The minimum Gasteiger partial charge on any atom is -0.490 e. The molecular weight excluding hydrogens is 195 g/mol. The third-order valence-electron chi connectivity index (χ3n) is 1.93. The van der Waals surface area contributed by atoms with Gasteiger partial charge in [0.15, 0.2) is 5.78 Å². The van der Waals surface area contributed by atoms with Gasteiger partial charge in [-0.1, -0.05) is 6.92 Å². The molecule has 0 aliphatic carbocycles. The van der Waals surface area contributed by atoms with Crippen molar-refractivity contribution in [2.24, 2.45) is 0 Å². The van der Waals surface area contributed by atoms with Crippen LogP contribution in [0.3, 0.4) is 0 Å². The van der Waals surface area contributed by atoms with Crippen LogP contribution in [0.25, 0.3) is 0 Å². The maximum Gasteiger partial charge on any atom is 0.166 e. The number of Topliss-reactive ketones (excluding diaryl/α,β-unsaturated/α-hetero) is 1. The third-order valence-corrected chi connectivity index (χ3v) is 1.93. The SMILES string of the molecule is CCC(=O)c1ccc(F)cc1OC(C)C. The van der Waals surface area contributed by atoms with Gasteiger partial charge in [-0.3, -0.25) is 4.79 Å². The van der Waals surface area contributed by atoms with Crippen molar-refractivity contribution < 1.29 is 13.9 Å². The number of rotatable bonds is 4. The Bertz CT molecular complexity index is 359. The second-order valence-corrected chi connectivity index (χ2v) is 3.58. The Kier molecular flexibility index (Phi) is 3.83. The van der Waals surface area contributed by atoms with Crippen molar-refractivity contribution in [3.63, 3.8) is 0 Å². The van der Waals surface area contributed by atoms with Crippen molar-refractivity contribution in [1.82, 2.24) is 0 Å². The molecule has 0 aliphatic rings. The van der Waals surface area contributed by atoms with Gasteiger partial charge >= 0.3 is 0 Å². The molecule has 0 fully saturated rings. The van der Waals surface area contributed by atoms with E-state index >= 15 is 0 Å². The van der Waals surface area contributed by atoms with E-state index in [1.54, 1.807) is 6.92 Å². The zero-order valence-electron chi connectivity index (χ0n) is 9.21. The van der Waals surface area contributed by atoms with Gasteiger partial charge in [-0.05, 0) is 26.0 Å². The maximum absolute atomic E-state index is 13.0. The molecule has 1 aromatic carbocycles. The zero-order chi connectivity index (χ0) is 11.4. The first-order chi connectivity index (χ1) is 7.04. The zero-order valence-corrected chi connectivity index (χ0v) is 9.21. The fourth-order valence-electron chi connectivity index (χ4n) is 1.27. The van der Waals surface area contributed by atoms with E-state index in [0.29, 0.717) is 17.7 Å². The van der Waals surface area contributed by atoms with E-state index in [4.69, 9.17) is 4.74 Å². The van der Waals surface area contributed by atoms with E-state index in [2.05, 4.69) is 0 Å². The van der Waals surface area contributed by atoms with Crippen LogP contribution in [0.2, 0.25) is 0 Å². The van der Waals surface area contributed by atoms with Crippen LogP contribution in [0.4, 0.5) is 4.39 Å². The van der Waals surface area contributed by atoms with Crippen molar-refractivity contribution >= 4 is 5.78 Å². The molecule has 82 valence electrons. The lowest BCUT2D eigenvalue weighted by atomic mass is 10.1. The van der Waals surface area contributed by atoms with Crippen molar-refractivity contribution in [2.75, 3.05) is 0 Å². The lowest BCUT2D eigenvalue weighted by Gasteiger charge is -2.13. The molecule has 0 amide bonds. The highest BCUT2D eigenvalue weighted by atomic mass is 19.1. The van der Waals surface area contributed by atoms with Gasteiger partial charge < -0.3 is 4.74 Å². The molecule has 0 saturated carbocycles. The lowest BCUT2D eigenvalue weighted by Crippen LogP contribution is -2.10. The Morgan fingerprint density at radius 2 is 2.13 bits per heavy atom. The summed E-state index contributed by atoms with van der Waals surface area (Å²) < 4.78 is 18.4. The summed E-state index contributed by atoms with van der Waals surface area (Å²) in [6.45, 7) is 5.45. The number of halogens is 1. The molecule has 0 radical (unpaired) electrons. The summed E-state index contributed by atoms with van der Waals surface area (Å²) in [5.41, 5.74) is 0.451. The summed E-state index contributed by atoms with van der Waals surface area (Å²) in [5, 5.41) is 0. The number of hydrogen-bond acceptors (Lipinski definition) is 2. The summed E-state index contributed by atoms with van der Waals surface area (Å²) in [6.07, 6.45) is 0.315. The molecule has 0 heterocycles. The number of carbonyl (C=O) groups is 1. The van der Waals surface area contributed by atoms with Crippen molar-refractivity contribution in [1.29, 1.82) is 0 Å². The van der Waals surface area contributed by atoms with Gasteiger partial charge in [0, 0.05) is 12.5 Å². The Morgan fingerprint density at radius 1 is 1.47 bits per heavy atom. The molecular formula is C12H15FO2. The standard InChI is InChI=1S/C12H15FO2/c1-4-11(14)10-6-5-9(13)7-12(10)15-8(2)3/h5-8H,4H2,1-3H3. The highest BCUT2D eigenvalue weighted by Crippen LogP contribution is 2.22. The molecule has 1 rings (SSSR count).